The number of anilines is 2. The minimum absolute atomic E-state index is 0.0880. The number of halogens is 2. The lowest BCUT2D eigenvalue weighted by molar-refractivity contribution is 0.0529. The van der Waals surface area contributed by atoms with E-state index >= 15 is 0 Å². The number of benzene rings is 2. The number of amides is 1. The Morgan fingerprint density at radius 2 is 2.09 bits per heavy atom. The summed E-state index contributed by atoms with van der Waals surface area (Å²) in [7, 11) is 1.83. The van der Waals surface area contributed by atoms with Crippen molar-refractivity contribution in [2.75, 3.05) is 36.5 Å². The number of aromatic amines is 1. The van der Waals surface area contributed by atoms with Gasteiger partial charge in [0, 0.05) is 49.0 Å². The minimum Gasteiger partial charge on any atom is -0.444 e. The highest BCUT2D eigenvalue weighted by Crippen LogP contribution is 2.37. The molecule has 0 fully saturated rings. The van der Waals surface area contributed by atoms with E-state index in [1.54, 1.807) is 26.8 Å². The van der Waals surface area contributed by atoms with Crippen molar-refractivity contribution in [2.45, 2.75) is 39.3 Å². The van der Waals surface area contributed by atoms with Gasteiger partial charge in [-0.25, -0.2) is 14.0 Å². The van der Waals surface area contributed by atoms with Crippen molar-refractivity contribution in [3.05, 3.63) is 62.9 Å². The first kappa shape index (κ1) is 24.8. The molecule has 0 saturated heterocycles. The van der Waals surface area contributed by atoms with Gasteiger partial charge in [-0.05, 0) is 44.7 Å². The number of carbonyl (C=O) groups is 1. The van der Waals surface area contributed by atoms with Crippen molar-refractivity contribution in [2.24, 2.45) is 0 Å². The van der Waals surface area contributed by atoms with E-state index in [-0.39, 0.29) is 5.02 Å². The van der Waals surface area contributed by atoms with Gasteiger partial charge in [0.2, 0.25) is 0 Å². The van der Waals surface area contributed by atoms with Crippen LogP contribution in [0, 0.1) is 5.82 Å². The van der Waals surface area contributed by atoms with Crippen LogP contribution in [-0.2, 0) is 17.7 Å². The van der Waals surface area contributed by atoms with Crippen LogP contribution in [0.4, 0.5) is 20.7 Å². The lowest BCUT2D eigenvalue weighted by Crippen LogP contribution is -2.39. The molecule has 1 aromatic heterocycles. The molecule has 0 aliphatic carbocycles. The molecule has 0 saturated carbocycles. The number of nitrogens with zero attached hydrogens (tertiary/aromatic N) is 3. The molecule has 8 nitrogen and oxygen atoms in total. The molecular weight excluding hydrogens is 473 g/mol. The monoisotopic (exact) mass is 501 g/mol. The Morgan fingerprint density at radius 1 is 1.31 bits per heavy atom. The zero-order valence-electron chi connectivity index (χ0n) is 20.2. The largest absolute Gasteiger partial charge is 0.444 e. The number of likely N-dealkylation sites (N-methyl/N-ethyl adjacent to an activating group) is 1. The topological polar surface area (TPSA) is 90.6 Å². The number of alkyl carbamates (subject to hydrolysis) is 1. The molecule has 0 bridgehead atoms. The number of carbonyl (C=O) groups excluding carboxylic acids is 1. The molecule has 2 aromatic carbocycles. The molecule has 0 atom stereocenters. The average Bonchev–Trinajstić information content (AvgIpc) is 2.79. The van der Waals surface area contributed by atoms with Crippen LogP contribution in [0.25, 0.3) is 10.8 Å². The fourth-order valence-corrected chi connectivity index (χ4v) is 4.54. The van der Waals surface area contributed by atoms with Crippen molar-refractivity contribution in [1.29, 1.82) is 0 Å². The predicted molar refractivity (Wildman–Crippen MR) is 136 cm³/mol. The summed E-state index contributed by atoms with van der Waals surface area (Å²) in [6.07, 6.45) is 0.134. The van der Waals surface area contributed by atoms with E-state index in [9.17, 15) is 14.0 Å². The van der Waals surface area contributed by atoms with Gasteiger partial charge < -0.3 is 24.8 Å². The maximum absolute atomic E-state index is 14.2. The molecule has 1 amide bonds. The molecule has 1 aliphatic rings. The van der Waals surface area contributed by atoms with Crippen molar-refractivity contribution in [1.82, 2.24) is 15.3 Å². The highest BCUT2D eigenvalue weighted by Gasteiger charge is 2.25. The summed E-state index contributed by atoms with van der Waals surface area (Å²) < 4.78 is 19.5. The number of rotatable bonds is 5. The van der Waals surface area contributed by atoms with Gasteiger partial charge in [0.1, 0.15) is 17.2 Å². The second kappa shape index (κ2) is 9.73. The van der Waals surface area contributed by atoms with Crippen molar-refractivity contribution >= 4 is 40.0 Å². The number of hydrogen-bond acceptors (Lipinski definition) is 6. The van der Waals surface area contributed by atoms with Crippen LogP contribution in [0.15, 0.2) is 35.1 Å². The number of hydrogen-bond donors (Lipinski definition) is 2. The zero-order chi connectivity index (χ0) is 25.3. The Labute approximate surface area is 208 Å². The summed E-state index contributed by atoms with van der Waals surface area (Å²) in [5, 5.41) is 4.31. The third kappa shape index (κ3) is 5.51. The fraction of sp³-hybridized carbons (Fsp3) is 0.400. The molecule has 4 rings (SSSR count). The lowest BCUT2D eigenvalue weighted by atomic mass is 10.0. The first-order valence-electron chi connectivity index (χ1n) is 11.5. The van der Waals surface area contributed by atoms with Crippen LogP contribution in [-0.4, -0.2) is 48.3 Å². The molecule has 186 valence electrons. The normalized spacial score (nSPS) is 13.5. The number of H-pyrrole nitrogens is 1. The Bertz CT molecular complexity index is 1320. The summed E-state index contributed by atoms with van der Waals surface area (Å²) >= 11 is 6.33. The van der Waals surface area contributed by atoms with Crippen LogP contribution in [0.5, 0.6) is 0 Å². The number of nitrogens with one attached hydrogen (secondary N) is 2. The molecule has 2 heterocycles. The second-order valence-electron chi connectivity index (χ2n) is 9.58. The van der Waals surface area contributed by atoms with Gasteiger partial charge >= 0.3 is 11.8 Å². The standard InChI is InChI=1S/C25H29ClFN5O3/c1-25(2,3)35-24(34)28-11-13-31(4)22-16-10-12-32(14-18(16)29-23(33)30-22)19-7-5-6-15-8-9-17(27)21(26)20(15)19/h5-9H,10-14H2,1-4H3,(H,28,34)(H,29,30,33). The van der Waals surface area contributed by atoms with E-state index in [0.29, 0.717) is 43.8 Å². The van der Waals surface area contributed by atoms with Crippen molar-refractivity contribution in [3.8, 4) is 0 Å². The molecule has 35 heavy (non-hydrogen) atoms. The highest BCUT2D eigenvalue weighted by molar-refractivity contribution is 6.36. The predicted octanol–water partition coefficient (Wildman–Crippen LogP) is 4.24. The van der Waals surface area contributed by atoms with E-state index in [1.165, 1.54) is 6.07 Å². The zero-order valence-corrected chi connectivity index (χ0v) is 21.0. The first-order chi connectivity index (χ1) is 16.5. The van der Waals surface area contributed by atoms with E-state index in [1.807, 2.05) is 30.1 Å². The molecule has 10 heteroatoms. The van der Waals surface area contributed by atoms with Gasteiger partial charge in [0.15, 0.2) is 0 Å². The quantitative estimate of drug-likeness (QED) is 0.543. The van der Waals surface area contributed by atoms with E-state index < -0.39 is 23.2 Å². The summed E-state index contributed by atoms with van der Waals surface area (Å²) in [6, 6.07) is 8.79. The summed E-state index contributed by atoms with van der Waals surface area (Å²) in [4.78, 5) is 35.3. The number of ether oxygens (including phenoxy) is 1. The summed E-state index contributed by atoms with van der Waals surface area (Å²) in [6.45, 7) is 7.26. The number of fused-ring (bicyclic) bond motifs is 2. The third-order valence-corrected chi connectivity index (χ3v) is 6.18. The maximum Gasteiger partial charge on any atom is 0.407 e. The van der Waals surface area contributed by atoms with Crippen molar-refractivity contribution in [3.63, 3.8) is 0 Å². The van der Waals surface area contributed by atoms with Crippen LogP contribution in [0.2, 0.25) is 5.02 Å². The summed E-state index contributed by atoms with van der Waals surface area (Å²) in [5.74, 6) is 0.113. The van der Waals surface area contributed by atoms with Gasteiger partial charge in [-0.1, -0.05) is 29.8 Å². The SMILES string of the molecule is CN(CCNC(=O)OC(C)(C)C)c1nc(=O)[nH]c2c1CCN(c1cccc3ccc(F)c(Cl)c13)C2. The van der Waals surface area contributed by atoms with Gasteiger partial charge in [-0.3, -0.25) is 0 Å². The van der Waals surface area contributed by atoms with E-state index in [2.05, 4.69) is 20.2 Å². The molecule has 2 N–H and O–H groups in total. The van der Waals surface area contributed by atoms with Gasteiger partial charge in [0.05, 0.1) is 11.6 Å². The van der Waals surface area contributed by atoms with E-state index in [0.717, 1.165) is 22.3 Å². The molecular formula is C25H29ClFN5O3. The Kier molecular flexibility index (Phi) is 6.89. The Hall–Kier alpha value is -3.33. The lowest BCUT2D eigenvalue weighted by Gasteiger charge is -2.33. The van der Waals surface area contributed by atoms with Crippen LogP contribution in [0.1, 0.15) is 32.0 Å². The number of aromatic nitrogens is 2. The smallest absolute Gasteiger partial charge is 0.407 e. The Morgan fingerprint density at radius 3 is 2.83 bits per heavy atom. The molecule has 3 aromatic rings. The van der Waals surface area contributed by atoms with Gasteiger partial charge in [-0.15, -0.1) is 0 Å². The van der Waals surface area contributed by atoms with Gasteiger partial charge in [-0.2, -0.15) is 4.98 Å². The Balaban J connectivity index is 1.54. The highest BCUT2D eigenvalue weighted by atomic mass is 35.5. The minimum atomic E-state index is -0.574. The second-order valence-corrected chi connectivity index (χ2v) is 9.96. The van der Waals surface area contributed by atoms with E-state index in [4.69, 9.17) is 16.3 Å². The van der Waals surface area contributed by atoms with Crippen molar-refractivity contribution < 1.29 is 13.9 Å². The van der Waals surface area contributed by atoms with Crippen LogP contribution >= 0.6 is 11.6 Å². The molecule has 0 unspecified atom stereocenters. The fourth-order valence-electron chi connectivity index (χ4n) is 4.27. The van der Waals surface area contributed by atoms with Crippen LogP contribution in [0.3, 0.4) is 0 Å². The van der Waals surface area contributed by atoms with Crippen LogP contribution < -0.4 is 20.8 Å². The molecule has 0 radical (unpaired) electrons. The first-order valence-corrected chi connectivity index (χ1v) is 11.8. The maximum atomic E-state index is 14.2. The molecule has 1 aliphatic heterocycles. The van der Waals surface area contributed by atoms with Gasteiger partial charge in [0.25, 0.3) is 0 Å². The average molecular weight is 502 g/mol. The summed E-state index contributed by atoms with van der Waals surface area (Å²) in [5.41, 5.74) is 1.48. The third-order valence-electron chi connectivity index (χ3n) is 5.81. The molecule has 0 spiro atoms.